The molecule has 0 aromatic rings. The highest BCUT2D eigenvalue weighted by Gasteiger charge is 2.15. The summed E-state index contributed by atoms with van der Waals surface area (Å²) in [5, 5.41) is 6.36. The second-order valence-electron chi connectivity index (χ2n) is 5.31. The summed E-state index contributed by atoms with van der Waals surface area (Å²) in [7, 11) is 2.00. The number of hydrazone groups is 1. The molecule has 0 radical (unpaired) electrons. The maximum Gasteiger partial charge on any atom is 0.0491 e. The van der Waals surface area contributed by atoms with E-state index in [9.17, 15) is 0 Å². The number of hydrogen-bond acceptors (Lipinski definition) is 2. The minimum absolute atomic E-state index is 0.113. The second-order valence-corrected chi connectivity index (χ2v) is 5.31. The van der Waals surface area contributed by atoms with Crippen LogP contribution in [-0.4, -0.2) is 23.8 Å². The quantitative estimate of drug-likeness (QED) is 0.436. The Hall–Kier alpha value is -0.530. The highest BCUT2D eigenvalue weighted by Crippen LogP contribution is 2.13. The molecule has 0 aliphatic carbocycles. The van der Waals surface area contributed by atoms with Crippen molar-refractivity contribution < 1.29 is 0 Å². The summed E-state index contributed by atoms with van der Waals surface area (Å²) in [6, 6.07) is 0. The van der Waals surface area contributed by atoms with Crippen LogP contribution in [0.15, 0.2) is 5.10 Å². The first-order valence-electron chi connectivity index (χ1n) is 4.42. The van der Waals surface area contributed by atoms with E-state index in [1.807, 2.05) is 18.3 Å². The van der Waals surface area contributed by atoms with E-state index in [1.54, 1.807) is 0 Å². The molecule has 0 bridgehead atoms. The smallest absolute Gasteiger partial charge is 0.0491 e. The van der Waals surface area contributed by atoms with Crippen molar-refractivity contribution >= 4 is 6.21 Å². The molecule has 2 heteroatoms. The number of rotatable bonds is 1. The Balaban J connectivity index is 4.19. The minimum Gasteiger partial charge on any atom is -0.295 e. The van der Waals surface area contributed by atoms with Gasteiger partial charge >= 0.3 is 0 Å². The summed E-state index contributed by atoms with van der Waals surface area (Å²) >= 11 is 0. The number of hydrogen-bond donors (Lipinski definition) is 0. The normalized spacial score (nSPS) is 13.9. The van der Waals surface area contributed by atoms with Gasteiger partial charge in [0, 0.05) is 18.8 Å². The molecule has 0 rings (SSSR count). The van der Waals surface area contributed by atoms with E-state index in [0.29, 0.717) is 0 Å². The monoisotopic (exact) mass is 170 g/mol. The molecule has 0 unspecified atom stereocenters. The maximum absolute atomic E-state index is 4.38. The van der Waals surface area contributed by atoms with Crippen LogP contribution in [0.1, 0.15) is 41.5 Å². The highest BCUT2D eigenvalue weighted by atomic mass is 15.5. The van der Waals surface area contributed by atoms with Crippen LogP contribution in [0.5, 0.6) is 0 Å². The van der Waals surface area contributed by atoms with Crippen molar-refractivity contribution in [2.75, 3.05) is 7.05 Å². The van der Waals surface area contributed by atoms with Crippen LogP contribution >= 0.6 is 0 Å². The SMILES string of the molecule is CN(/N=C/C(C)(C)C)C(C)(C)C. The van der Waals surface area contributed by atoms with Crippen LogP contribution in [-0.2, 0) is 0 Å². The van der Waals surface area contributed by atoms with Gasteiger partial charge in [-0.05, 0) is 26.2 Å². The van der Waals surface area contributed by atoms with Gasteiger partial charge in [-0.1, -0.05) is 20.8 Å². The zero-order chi connectivity index (χ0) is 9.99. The minimum atomic E-state index is 0.113. The molecule has 0 amide bonds. The molecule has 2 nitrogen and oxygen atoms in total. The van der Waals surface area contributed by atoms with Crippen molar-refractivity contribution in [3.05, 3.63) is 0 Å². The highest BCUT2D eigenvalue weighted by molar-refractivity contribution is 5.63. The van der Waals surface area contributed by atoms with Gasteiger partial charge in [-0.3, -0.25) is 5.01 Å². The lowest BCUT2D eigenvalue weighted by Crippen LogP contribution is -2.34. The topological polar surface area (TPSA) is 15.6 Å². The van der Waals surface area contributed by atoms with Crippen LogP contribution in [0.2, 0.25) is 0 Å². The molecule has 72 valence electrons. The fourth-order valence-corrected chi connectivity index (χ4v) is 0.433. The van der Waals surface area contributed by atoms with Gasteiger partial charge in [0.25, 0.3) is 0 Å². The Kier molecular flexibility index (Phi) is 3.31. The van der Waals surface area contributed by atoms with Gasteiger partial charge in [0.1, 0.15) is 0 Å². The first kappa shape index (κ1) is 11.5. The van der Waals surface area contributed by atoms with Gasteiger partial charge in [0.05, 0.1) is 0 Å². The molecule has 0 atom stereocenters. The van der Waals surface area contributed by atoms with Crippen LogP contribution in [0.4, 0.5) is 0 Å². The van der Waals surface area contributed by atoms with E-state index in [0.717, 1.165) is 0 Å². The van der Waals surface area contributed by atoms with Gasteiger partial charge in [-0.25, -0.2) is 0 Å². The molecule has 12 heavy (non-hydrogen) atoms. The van der Waals surface area contributed by atoms with E-state index in [2.05, 4.69) is 46.6 Å². The zero-order valence-corrected chi connectivity index (χ0v) is 9.47. The summed E-state index contributed by atoms with van der Waals surface area (Å²) in [5.41, 5.74) is 0.279. The summed E-state index contributed by atoms with van der Waals surface area (Å²) < 4.78 is 0. The lowest BCUT2D eigenvalue weighted by atomic mass is 9.99. The molecule has 0 heterocycles. The lowest BCUT2D eigenvalue weighted by Gasteiger charge is -2.29. The third kappa shape index (κ3) is 5.16. The Morgan fingerprint density at radius 2 is 1.42 bits per heavy atom. The van der Waals surface area contributed by atoms with Crippen molar-refractivity contribution in [1.82, 2.24) is 5.01 Å². The Morgan fingerprint density at radius 1 is 1.00 bits per heavy atom. The van der Waals surface area contributed by atoms with Gasteiger partial charge in [0.2, 0.25) is 0 Å². The molecule has 0 spiro atoms. The molecular formula is C10H22N2. The van der Waals surface area contributed by atoms with E-state index in [-0.39, 0.29) is 11.0 Å². The van der Waals surface area contributed by atoms with Gasteiger partial charge in [0.15, 0.2) is 0 Å². The predicted octanol–water partition coefficient (Wildman–Crippen LogP) is 2.75. The molecule has 0 N–H and O–H groups in total. The standard InChI is InChI=1S/C10H22N2/c1-9(2,3)8-11-12(7)10(4,5)6/h8H,1-7H3/b11-8+. The van der Waals surface area contributed by atoms with Crippen LogP contribution in [0, 0.1) is 5.41 Å². The van der Waals surface area contributed by atoms with Crippen molar-refractivity contribution in [3.63, 3.8) is 0 Å². The molecule has 0 aliphatic heterocycles. The average Bonchev–Trinajstić information content (AvgIpc) is 1.78. The Bertz CT molecular complexity index is 158. The molecule has 0 fully saturated rings. The summed E-state index contributed by atoms with van der Waals surface area (Å²) in [5.74, 6) is 0. The summed E-state index contributed by atoms with van der Waals surface area (Å²) in [6.45, 7) is 12.9. The van der Waals surface area contributed by atoms with Gasteiger partial charge < -0.3 is 0 Å². The third-order valence-corrected chi connectivity index (χ3v) is 1.59. The molecule has 0 aliphatic rings. The van der Waals surface area contributed by atoms with E-state index >= 15 is 0 Å². The largest absolute Gasteiger partial charge is 0.295 e. The Morgan fingerprint density at radius 3 is 1.67 bits per heavy atom. The van der Waals surface area contributed by atoms with Gasteiger partial charge in [-0.2, -0.15) is 5.10 Å². The third-order valence-electron chi connectivity index (χ3n) is 1.59. The number of nitrogens with zero attached hydrogens (tertiary/aromatic N) is 2. The van der Waals surface area contributed by atoms with Crippen LogP contribution in [0.3, 0.4) is 0 Å². The zero-order valence-electron chi connectivity index (χ0n) is 9.47. The van der Waals surface area contributed by atoms with E-state index < -0.39 is 0 Å². The molecule has 0 saturated carbocycles. The van der Waals surface area contributed by atoms with E-state index in [1.165, 1.54) is 0 Å². The van der Waals surface area contributed by atoms with Crippen LogP contribution < -0.4 is 0 Å². The molecular weight excluding hydrogens is 148 g/mol. The Labute approximate surface area is 76.6 Å². The predicted molar refractivity (Wildman–Crippen MR) is 55.5 cm³/mol. The van der Waals surface area contributed by atoms with Crippen LogP contribution in [0.25, 0.3) is 0 Å². The average molecular weight is 170 g/mol. The van der Waals surface area contributed by atoms with Crippen molar-refractivity contribution in [2.24, 2.45) is 10.5 Å². The van der Waals surface area contributed by atoms with Crippen molar-refractivity contribution in [1.29, 1.82) is 0 Å². The first-order valence-corrected chi connectivity index (χ1v) is 4.42. The first-order chi connectivity index (χ1) is 5.13. The fourth-order valence-electron chi connectivity index (χ4n) is 0.433. The van der Waals surface area contributed by atoms with Crippen molar-refractivity contribution in [3.8, 4) is 0 Å². The van der Waals surface area contributed by atoms with E-state index in [4.69, 9.17) is 0 Å². The van der Waals surface area contributed by atoms with Crippen molar-refractivity contribution in [2.45, 2.75) is 47.1 Å². The van der Waals surface area contributed by atoms with Gasteiger partial charge in [-0.15, -0.1) is 0 Å². The maximum atomic E-state index is 4.38. The molecule has 0 aromatic carbocycles. The summed E-state index contributed by atoms with van der Waals surface area (Å²) in [4.78, 5) is 0. The fraction of sp³-hybridized carbons (Fsp3) is 0.900. The lowest BCUT2D eigenvalue weighted by molar-refractivity contribution is 0.183. The second kappa shape index (κ2) is 3.46. The molecule has 0 aromatic heterocycles. The summed E-state index contributed by atoms with van der Waals surface area (Å²) in [6.07, 6.45) is 1.98. The molecule has 0 saturated heterocycles.